The fraction of sp³-hybridized carbons (Fsp3) is 0.500. The maximum atomic E-state index is 13.5. The van der Waals surface area contributed by atoms with E-state index >= 15 is 0 Å². The zero-order valence-electron chi connectivity index (χ0n) is 17.7. The third kappa shape index (κ3) is 4.13. The van der Waals surface area contributed by atoms with Crippen molar-refractivity contribution < 1.29 is 19.1 Å². The Morgan fingerprint density at radius 2 is 2.03 bits per heavy atom. The minimum atomic E-state index is -0.423. The second-order valence-corrected chi connectivity index (χ2v) is 7.99. The van der Waals surface area contributed by atoms with Crippen molar-refractivity contribution in [3.05, 3.63) is 41.7 Å². The van der Waals surface area contributed by atoms with Gasteiger partial charge in [0.25, 0.3) is 0 Å². The monoisotopic (exact) mass is 412 g/mol. The van der Waals surface area contributed by atoms with Crippen LogP contribution in [0.4, 0.5) is 0 Å². The molecule has 8 nitrogen and oxygen atoms in total. The summed E-state index contributed by atoms with van der Waals surface area (Å²) in [7, 11) is 1.87. The predicted octanol–water partition coefficient (Wildman–Crippen LogP) is 1.91. The third-order valence-corrected chi connectivity index (χ3v) is 5.70. The van der Waals surface area contributed by atoms with Gasteiger partial charge in [-0.1, -0.05) is 12.1 Å². The molecular weight excluding hydrogens is 384 g/mol. The van der Waals surface area contributed by atoms with Gasteiger partial charge in [0.05, 0.1) is 24.5 Å². The predicted molar refractivity (Wildman–Crippen MR) is 110 cm³/mol. The van der Waals surface area contributed by atoms with Crippen LogP contribution in [-0.4, -0.2) is 63.2 Å². The van der Waals surface area contributed by atoms with Crippen LogP contribution in [0.3, 0.4) is 0 Å². The first-order valence-electron chi connectivity index (χ1n) is 10.4. The molecule has 160 valence electrons. The molecule has 3 heterocycles. The van der Waals surface area contributed by atoms with Gasteiger partial charge >= 0.3 is 0 Å². The van der Waals surface area contributed by atoms with E-state index in [1.807, 2.05) is 44.3 Å². The van der Waals surface area contributed by atoms with Crippen molar-refractivity contribution in [1.82, 2.24) is 19.6 Å². The van der Waals surface area contributed by atoms with Crippen molar-refractivity contribution in [2.75, 3.05) is 19.7 Å². The Kier molecular flexibility index (Phi) is 5.65. The molecule has 30 heavy (non-hydrogen) atoms. The average Bonchev–Trinajstić information content (AvgIpc) is 3.33. The first-order valence-corrected chi connectivity index (χ1v) is 10.4. The van der Waals surface area contributed by atoms with E-state index in [0.717, 1.165) is 17.8 Å². The summed E-state index contributed by atoms with van der Waals surface area (Å²) in [6.45, 7) is 5.22. The molecule has 4 rings (SSSR count). The number of amides is 2. The molecule has 0 N–H and O–H groups in total. The van der Waals surface area contributed by atoms with Crippen LogP contribution in [0.5, 0.6) is 11.5 Å². The van der Waals surface area contributed by atoms with Crippen LogP contribution in [0.15, 0.2) is 30.3 Å². The number of benzene rings is 1. The van der Waals surface area contributed by atoms with E-state index in [9.17, 15) is 9.59 Å². The van der Waals surface area contributed by atoms with Gasteiger partial charge in [-0.15, -0.1) is 0 Å². The van der Waals surface area contributed by atoms with Crippen LogP contribution in [0.2, 0.25) is 0 Å². The number of aryl methyl sites for hydroxylation is 2. The van der Waals surface area contributed by atoms with Gasteiger partial charge in [-0.2, -0.15) is 5.10 Å². The number of ether oxygens (including phenoxy) is 2. The molecule has 2 unspecified atom stereocenters. The lowest BCUT2D eigenvalue weighted by molar-refractivity contribution is -0.144. The fourth-order valence-electron chi connectivity index (χ4n) is 4.25. The summed E-state index contributed by atoms with van der Waals surface area (Å²) in [6.07, 6.45) is 1.24. The highest BCUT2D eigenvalue weighted by Crippen LogP contribution is 2.31. The number of rotatable bonds is 5. The van der Waals surface area contributed by atoms with Gasteiger partial charge < -0.3 is 19.3 Å². The topological polar surface area (TPSA) is 76.9 Å². The van der Waals surface area contributed by atoms with E-state index < -0.39 is 6.04 Å². The Balaban J connectivity index is 1.55. The second-order valence-electron chi connectivity index (χ2n) is 7.99. The van der Waals surface area contributed by atoms with Gasteiger partial charge in [-0.05, 0) is 38.0 Å². The standard InChI is InChI=1S/C22H28N4O4/c1-15-11-17(24(3)23-15)12-25(22(28)19-7-6-10-26(19)16(2)27)13-18-14-29-20-8-4-5-9-21(20)30-18/h4-5,8-9,11,18-19H,6-7,10,12-14H2,1-3H3. The number of nitrogens with zero attached hydrogens (tertiary/aromatic N) is 4. The Morgan fingerprint density at radius 3 is 2.73 bits per heavy atom. The molecule has 1 aromatic carbocycles. The summed E-state index contributed by atoms with van der Waals surface area (Å²) in [5.74, 6) is 1.29. The second kappa shape index (κ2) is 8.38. The number of likely N-dealkylation sites (tertiary alicyclic amines) is 1. The van der Waals surface area contributed by atoms with Crippen molar-refractivity contribution in [2.24, 2.45) is 7.05 Å². The number of hydrogen-bond donors (Lipinski definition) is 0. The number of hydrogen-bond acceptors (Lipinski definition) is 5. The Morgan fingerprint density at radius 1 is 1.27 bits per heavy atom. The minimum absolute atomic E-state index is 0.0518. The van der Waals surface area contributed by atoms with Crippen LogP contribution >= 0.6 is 0 Å². The molecule has 1 saturated heterocycles. The lowest BCUT2D eigenvalue weighted by atomic mass is 10.1. The summed E-state index contributed by atoms with van der Waals surface area (Å²) < 4.78 is 13.7. The van der Waals surface area contributed by atoms with Crippen molar-refractivity contribution >= 4 is 11.8 Å². The van der Waals surface area contributed by atoms with Gasteiger partial charge in [-0.25, -0.2) is 0 Å². The van der Waals surface area contributed by atoms with Gasteiger partial charge in [0.2, 0.25) is 11.8 Å². The SMILES string of the molecule is CC(=O)N1CCCC1C(=O)N(Cc1cc(C)nn1C)CC1COc2ccccc2O1. The summed E-state index contributed by atoms with van der Waals surface area (Å²) in [6, 6.07) is 9.09. The number of aromatic nitrogens is 2. The zero-order valence-corrected chi connectivity index (χ0v) is 17.7. The summed E-state index contributed by atoms with van der Waals surface area (Å²) in [5, 5.41) is 4.40. The Hall–Kier alpha value is -3.03. The molecule has 2 atom stereocenters. The van der Waals surface area contributed by atoms with Crippen molar-refractivity contribution in [1.29, 1.82) is 0 Å². The number of fused-ring (bicyclic) bond motifs is 1. The molecule has 0 spiro atoms. The Labute approximate surface area is 176 Å². The molecule has 0 radical (unpaired) electrons. The molecule has 8 heteroatoms. The molecule has 2 aliphatic rings. The van der Waals surface area contributed by atoms with Crippen molar-refractivity contribution in [3.63, 3.8) is 0 Å². The maximum absolute atomic E-state index is 13.5. The van der Waals surface area contributed by atoms with E-state index in [4.69, 9.17) is 9.47 Å². The number of carbonyl (C=O) groups excluding carboxylic acids is 2. The highest BCUT2D eigenvalue weighted by Gasteiger charge is 2.37. The quantitative estimate of drug-likeness (QED) is 0.750. The van der Waals surface area contributed by atoms with Crippen molar-refractivity contribution in [2.45, 2.75) is 45.4 Å². The smallest absolute Gasteiger partial charge is 0.245 e. The third-order valence-electron chi connectivity index (χ3n) is 5.70. The molecule has 2 aromatic rings. The Bertz CT molecular complexity index is 941. The van der Waals surface area contributed by atoms with E-state index in [0.29, 0.717) is 44.2 Å². The van der Waals surface area contributed by atoms with E-state index in [1.165, 1.54) is 6.92 Å². The van der Waals surface area contributed by atoms with E-state index in [2.05, 4.69) is 5.10 Å². The summed E-state index contributed by atoms with van der Waals surface area (Å²) in [4.78, 5) is 29.0. The van der Waals surface area contributed by atoms with Crippen LogP contribution < -0.4 is 9.47 Å². The highest BCUT2D eigenvalue weighted by molar-refractivity contribution is 5.87. The van der Waals surface area contributed by atoms with Crippen LogP contribution in [0.25, 0.3) is 0 Å². The summed E-state index contributed by atoms with van der Waals surface area (Å²) in [5.41, 5.74) is 1.84. The van der Waals surface area contributed by atoms with Gasteiger partial charge in [0, 0.05) is 20.5 Å². The molecule has 1 fully saturated rings. The van der Waals surface area contributed by atoms with Gasteiger partial charge in [-0.3, -0.25) is 14.3 Å². The first kappa shape index (κ1) is 20.3. The fourth-order valence-corrected chi connectivity index (χ4v) is 4.25. The van der Waals surface area contributed by atoms with Crippen LogP contribution in [-0.2, 0) is 23.2 Å². The molecule has 0 saturated carbocycles. The van der Waals surface area contributed by atoms with Gasteiger partial charge in [0.1, 0.15) is 12.6 Å². The molecule has 0 aliphatic carbocycles. The summed E-state index contributed by atoms with van der Waals surface area (Å²) >= 11 is 0. The minimum Gasteiger partial charge on any atom is -0.486 e. The van der Waals surface area contributed by atoms with Crippen LogP contribution in [0, 0.1) is 6.92 Å². The van der Waals surface area contributed by atoms with Gasteiger partial charge in [0.15, 0.2) is 17.6 Å². The largest absolute Gasteiger partial charge is 0.486 e. The van der Waals surface area contributed by atoms with Crippen molar-refractivity contribution in [3.8, 4) is 11.5 Å². The number of para-hydroxylation sites is 2. The van der Waals surface area contributed by atoms with Crippen LogP contribution in [0.1, 0.15) is 31.2 Å². The lowest BCUT2D eigenvalue weighted by Gasteiger charge is -2.34. The normalized spacial score (nSPS) is 20.3. The number of carbonyl (C=O) groups is 2. The van der Waals surface area contributed by atoms with E-state index in [-0.39, 0.29) is 17.9 Å². The first-order chi connectivity index (χ1) is 14.4. The average molecular weight is 412 g/mol. The highest BCUT2D eigenvalue weighted by atomic mass is 16.6. The molecule has 2 aliphatic heterocycles. The van der Waals surface area contributed by atoms with E-state index in [1.54, 1.807) is 14.5 Å². The molecule has 2 amide bonds. The molecule has 1 aromatic heterocycles. The lowest BCUT2D eigenvalue weighted by Crippen LogP contribution is -2.51. The zero-order chi connectivity index (χ0) is 21.3. The molecule has 0 bridgehead atoms. The maximum Gasteiger partial charge on any atom is 0.245 e. The molecular formula is C22H28N4O4.